The molecule has 0 aliphatic carbocycles. The van der Waals surface area contributed by atoms with Gasteiger partial charge in [0.1, 0.15) is 19.3 Å². The molecule has 0 heterocycles. The predicted molar refractivity (Wildman–Crippen MR) is 229 cm³/mol. The highest BCUT2D eigenvalue weighted by Crippen LogP contribution is 2.43. The van der Waals surface area contributed by atoms with Gasteiger partial charge in [-0.3, -0.25) is 13.8 Å². The third-order valence-corrected chi connectivity index (χ3v) is 11.1. The number of allylic oxidation sites excluding steroid dienone is 2. The van der Waals surface area contributed by atoms with Crippen molar-refractivity contribution in [1.82, 2.24) is 0 Å². The van der Waals surface area contributed by atoms with Gasteiger partial charge in [0, 0.05) is 13.0 Å². The van der Waals surface area contributed by atoms with Crippen LogP contribution in [0.1, 0.15) is 213 Å². The number of ether oxygens (including phenoxy) is 2. The van der Waals surface area contributed by atoms with Gasteiger partial charge in [0.2, 0.25) is 0 Å². The van der Waals surface area contributed by atoms with Crippen molar-refractivity contribution in [3.63, 3.8) is 0 Å². The van der Waals surface area contributed by atoms with Crippen molar-refractivity contribution in [2.75, 3.05) is 54.1 Å². The zero-order valence-electron chi connectivity index (χ0n) is 36.5. The van der Waals surface area contributed by atoms with Crippen LogP contribution in [0.15, 0.2) is 12.2 Å². The number of phosphoric acid groups is 1. The van der Waals surface area contributed by atoms with Crippen molar-refractivity contribution >= 4 is 13.8 Å². The number of carbonyl (C=O) groups is 1. The lowest BCUT2D eigenvalue weighted by atomic mass is 10.0. The van der Waals surface area contributed by atoms with Crippen molar-refractivity contribution in [1.29, 1.82) is 0 Å². The molecule has 9 heteroatoms. The van der Waals surface area contributed by atoms with E-state index in [0.29, 0.717) is 24.1 Å². The summed E-state index contributed by atoms with van der Waals surface area (Å²) in [4.78, 5) is 22.9. The van der Waals surface area contributed by atoms with E-state index in [1.165, 1.54) is 161 Å². The Bertz CT molecular complexity index is 879. The SMILES string of the molecule is CCCCCCCCC/C=C\CCCCCCCCCC(=O)OC(COCCCCCCCCCCCCCCCC)COP(=O)(O)OCC[N+](C)(C)C. The first-order valence-corrected chi connectivity index (χ1v) is 24.4. The molecule has 1 N–H and O–H groups in total. The van der Waals surface area contributed by atoms with E-state index in [9.17, 15) is 14.3 Å². The lowest BCUT2D eigenvalue weighted by Crippen LogP contribution is -2.37. The highest BCUT2D eigenvalue weighted by molar-refractivity contribution is 7.47. The van der Waals surface area contributed by atoms with Gasteiger partial charge in [0.25, 0.3) is 0 Å². The van der Waals surface area contributed by atoms with Gasteiger partial charge in [0.15, 0.2) is 0 Å². The fraction of sp³-hybridized carbons (Fsp3) is 0.933. The van der Waals surface area contributed by atoms with Gasteiger partial charge in [-0.05, 0) is 38.5 Å². The molecule has 0 spiro atoms. The van der Waals surface area contributed by atoms with Crippen LogP contribution < -0.4 is 0 Å². The summed E-state index contributed by atoms with van der Waals surface area (Å²) < 4.78 is 35.0. The minimum atomic E-state index is -4.27. The third-order valence-electron chi connectivity index (χ3n) is 10.1. The summed E-state index contributed by atoms with van der Waals surface area (Å²) in [6.45, 7) is 5.66. The average molecular weight is 789 g/mol. The normalized spacial score (nSPS) is 13.8. The number of esters is 1. The molecule has 8 nitrogen and oxygen atoms in total. The molecular weight excluding hydrogens is 697 g/mol. The number of quaternary nitrogens is 1. The highest BCUT2D eigenvalue weighted by atomic mass is 31.2. The highest BCUT2D eigenvalue weighted by Gasteiger charge is 2.26. The molecular formula is C45H91NO7P+. The molecule has 0 radical (unpaired) electrons. The lowest BCUT2D eigenvalue weighted by molar-refractivity contribution is -0.870. The van der Waals surface area contributed by atoms with Crippen LogP contribution in [-0.2, 0) is 27.9 Å². The zero-order valence-corrected chi connectivity index (χ0v) is 37.4. The summed E-state index contributed by atoms with van der Waals surface area (Å²) in [5.74, 6) is -0.314. The van der Waals surface area contributed by atoms with Crippen LogP contribution in [0.3, 0.4) is 0 Å². The smallest absolute Gasteiger partial charge is 0.457 e. The Hall–Kier alpha value is -0.760. The molecule has 2 atom stereocenters. The molecule has 0 bridgehead atoms. The molecule has 322 valence electrons. The number of unbranched alkanes of at least 4 members (excludes halogenated alkanes) is 27. The molecule has 0 aromatic carbocycles. The molecule has 0 aromatic heterocycles. The quantitative estimate of drug-likeness (QED) is 0.0216. The molecule has 54 heavy (non-hydrogen) atoms. The van der Waals surface area contributed by atoms with E-state index in [1.807, 2.05) is 21.1 Å². The Morgan fingerprint density at radius 1 is 0.556 bits per heavy atom. The second-order valence-electron chi connectivity index (χ2n) is 16.8. The molecule has 0 aliphatic rings. The van der Waals surface area contributed by atoms with Gasteiger partial charge >= 0.3 is 13.8 Å². The Kier molecular flexibility index (Phi) is 38.5. The van der Waals surface area contributed by atoms with Gasteiger partial charge in [-0.1, -0.05) is 180 Å². The van der Waals surface area contributed by atoms with E-state index < -0.39 is 13.9 Å². The van der Waals surface area contributed by atoms with Crippen LogP contribution in [0.2, 0.25) is 0 Å². The van der Waals surface area contributed by atoms with E-state index in [-0.39, 0.29) is 25.8 Å². The second-order valence-corrected chi connectivity index (χ2v) is 18.2. The van der Waals surface area contributed by atoms with Gasteiger partial charge in [-0.25, -0.2) is 4.57 Å². The maximum Gasteiger partial charge on any atom is 0.472 e. The molecule has 0 aromatic rings. The van der Waals surface area contributed by atoms with Crippen LogP contribution in [-0.4, -0.2) is 75.6 Å². The van der Waals surface area contributed by atoms with Crippen molar-refractivity contribution < 1.29 is 37.3 Å². The van der Waals surface area contributed by atoms with Gasteiger partial charge in [-0.2, -0.15) is 0 Å². The summed E-state index contributed by atoms with van der Waals surface area (Å²) in [6.07, 6.45) is 42.4. The van der Waals surface area contributed by atoms with E-state index >= 15 is 0 Å². The maximum absolute atomic E-state index is 12.7. The number of rotatable bonds is 43. The molecule has 2 unspecified atom stereocenters. The third kappa shape index (κ3) is 42.4. The standard InChI is InChI=1S/C45H90NO7P/c1-6-8-10-12-14-16-18-20-22-23-24-25-26-28-30-32-34-36-38-45(47)53-44(43-52-54(48,49)51-41-39-46(3,4)5)42-50-40-37-35-33-31-29-27-21-19-17-15-13-11-9-7-2/h22-23,44H,6-21,24-43H2,1-5H3/p+1/b23-22-. The Morgan fingerprint density at radius 3 is 1.41 bits per heavy atom. The second kappa shape index (κ2) is 39.1. The average Bonchev–Trinajstić information content (AvgIpc) is 3.12. The fourth-order valence-electron chi connectivity index (χ4n) is 6.49. The van der Waals surface area contributed by atoms with Gasteiger partial charge in [-0.15, -0.1) is 0 Å². The monoisotopic (exact) mass is 789 g/mol. The van der Waals surface area contributed by atoms with Crippen LogP contribution in [0.25, 0.3) is 0 Å². The van der Waals surface area contributed by atoms with E-state index in [4.69, 9.17) is 18.5 Å². The minimum absolute atomic E-state index is 0.0910. The van der Waals surface area contributed by atoms with E-state index in [1.54, 1.807) is 0 Å². The van der Waals surface area contributed by atoms with Crippen molar-refractivity contribution in [2.45, 2.75) is 219 Å². The first-order valence-electron chi connectivity index (χ1n) is 22.9. The topological polar surface area (TPSA) is 91.3 Å². The van der Waals surface area contributed by atoms with E-state index in [2.05, 4.69) is 26.0 Å². The summed E-state index contributed by atoms with van der Waals surface area (Å²) in [5.41, 5.74) is 0. The molecule has 0 fully saturated rings. The summed E-state index contributed by atoms with van der Waals surface area (Å²) in [6, 6.07) is 0. The first kappa shape index (κ1) is 53.2. The van der Waals surface area contributed by atoms with Crippen molar-refractivity contribution in [3.8, 4) is 0 Å². The largest absolute Gasteiger partial charge is 0.472 e. The zero-order chi connectivity index (χ0) is 39.9. The summed E-state index contributed by atoms with van der Waals surface area (Å²) in [5, 5.41) is 0. The molecule has 0 aliphatic heterocycles. The number of carbonyl (C=O) groups excluding carboxylic acids is 1. The van der Waals surface area contributed by atoms with Crippen LogP contribution in [0.5, 0.6) is 0 Å². The molecule has 0 saturated carbocycles. The van der Waals surface area contributed by atoms with Crippen LogP contribution in [0.4, 0.5) is 0 Å². The maximum atomic E-state index is 12.7. The number of phosphoric ester groups is 1. The summed E-state index contributed by atoms with van der Waals surface area (Å²) in [7, 11) is 1.68. The number of hydrogen-bond donors (Lipinski definition) is 1. The number of likely N-dealkylation sites (N-methyl/N-ethyl adjacent to an activating group) is 1. The predicted octanol–water partition coefficient (Wildman–Crippen LogP) is 13.4. The van der Waals surface area contributed by atoms with Gasteiger partial charge < -0.3 is 18.9 Å². The van der Waals surface area contributed by atoms with Crippen LogP contribution in [0, 0.1) is 0 Å². The van der Waals surface area contributed by atoms with Gasteiger partial charge in [0.05, 0.1) is 34.4 Å². The Morgan fingerprint density at radius 2 is 0.963 bits per heavy atom. The van der Waals surface area contributed by atoms with Crippen molar-refractivity contribution in [3.05, 3.63) is 12.2 Å². The van der Waals surface area contributed by atoms with Crippen molar-refractivity contribution in [2.24, 2.45) is 0 Å². The fourth-order valence-corrected chi connectivity index (χ4v) is 7.23. The minimum Gasteiger partial charge on any atom is -0.457 e. The molecule has 0 amide bonds. The van der Waals surface area contributed by atoms with Crippen LogP contribution >= 0.6 is 7.82 Å². The lowest BCUT2D eigenvalue weighted by Gasteiger charge is -2.24. The first-order chi connectivity index (χ1) is 26.1. The van der Waals surface area contributed by atoms with E-state index in [0.717, 1.165) is 32.1 Å². The molecule has 0 rings (SSSR count). The molecule has 0 saturated heterocycles. The Balaban J connectivity index is 4.18. The number of hydrogen-bond acceptors (Lipinski definition) is 6. The summed E-state index contributed by atoms with van der Waals surface area (Å²) >= 11 is 0. The number of nitrogens with zero attached hydrogens (tertiary/aromatic N) is 1. The Labute approximate surface area is 335 Å².